The molecule has 0 spiro atoms. The van der Waals surface area contributed by atoms with Crippen LogP contribution in [-0.2, 0) is 0 Å². The van der Waals surface area contributed by atoms with Gasteiger partial charge in [0.2, 0.25) is 0 Å². The molecule has 1 heterocycles. The molecule has 1 saturated carbocycles. The van der Waals surface area contributed by atoms with Crippen molar-refractivity contribution in [2.75, 3.05) is 33.1 Å². The van der Waals surface area contributed by atoms with Gasteiger partial charge in [0, 0.05) is 29.9 Å². The molecule has 1 fully saturated rings. The number of hydrogen-bond donors (Lipinski definition) is 1. The van der Waals surface area contributed by atoms with Crippen molar-refractivity contribution in [3.63, 3.8) is 0 Å². The number of pyridine rings is 1. The molecule has 1 aliphatic carbocycles. The van der Waals surface area contributed by atoms with Crippen LogP contribution >= 0.6 is 0 Å². The zero-order chi connectivity index (χ0) is 15.7. The Hall–Kier alpha value is -1.81. The van der Waals surface area contributed by atoms with Crippen LogP contribution in [0.5, 0.6) is 5.75 Å². The van der Waals surface area contributed by atoms with Crippen LogP contribution in [0.3, 0.4) is 0 Å². The maximum absolute atomic E-state index is 5.44. The predicted molar refractivity (Wildman–Crippen MR) is 91.7 cm³/mol. The van der Waals surface area contributed by atoms with Gasteiger partial charge >= 0.3 is 0 Å². The summed E-state index contributed by atoms with van der Waals surface area (Å²) in [6, 6.07) is 6.69. The molecule has 4 heteroatoms. The fourth-order valence-corrected chi connectivity index (χ4v) is 3.15. The number of fused-ring (bicyclic) bond motifs is 1. The highest BCUT2D eigenvalue weighted by Gasteiger charge is 2.32. The molecule has 0 aliphatic heterocycles. The van der Waals surface area contributed by atoms with Crippen LogP contribution in [0.1, 0.15) is 18.4 Å². The lowest BCUT2D eigenvalue weighted by Gasteiger charge is -2.25. The monoisotopic (exact) mass is 299 g/mol. The third-order valence-electron chi connectivity index (χ3n) is 4.59. The number of hydrogen-bond acceptors (Lipinski definition) is 4. The summed E-state index contributed by atoms with van der Waals surface area (Å²) in [7, 11) is 6.04. The zero-order valence-corrected chi connectivity index (χ0v) is 13.9. The molecule has 22 heavy (non-hydrogen) atoms. The lowest BCUT2D eigenvalue weighted by atomic mass is 10.1. The van der Waals surface area contributed by atoms with Gasteiger partial charge in [-0.3, -0.25) is 4.98 Å². The molecule has 1 aliphatic rings. The van der Waals surface area contributed by atoms with Crippen LogP contribution in [0, 0.1) is 12.8 Å². The van der Waals surface area contributed by atoms with Crippen LogP contribution in [0.25, 0.3) is 10.9 Å². The number of rotatable bonds is 6. The molecule has 1 N–H and O–H groups in total. The van der Waals surface area contributed by atoms with E-state index in [-0.39, 0.29) is 0 Å². The van der Waals surface area contributed by atoms with E-state index in [9.17, 15) is 0 Å². The summed E-state index contributed by atoms with van der Waals surface area (Å²) in [5.74, 6) is 1.66. The molecule has 0 bridgehead atoms. The minimum Gasteiger partial charge on any atom is -0.494 e. The molecular weight excluding hydrogens is 274 g/mol. The number of aryl methyl sites for hydroxylation is 1. The van der Waals surface area contributed by atoms with Crippen molar-refractivity contribution in [2.24, 2.45) is 5.92 Å². The number of para-hydroxylation sites is 1. The number of likely N-dealkylation sites (N-methyl/N-ethyl adjacent to an activating group) is 1. The summed E-state index contributed by atoms with van der Waals surface area (Å²) < 4.78 is 5.44. The van der Waals surface area contributed by atoms with Gasteiger partial charge in [-0.15, -0.1) is 0 Å². The zero-order valence-electron chi connectivity index (χ0n) is 13.9. The molecule has 118 valence electrons. The molecule has 1 atom stereocenters. The highest BCUT2D eigenvalue weighted by molar-refractivity contribution is 5.96. The number of nitrogens with zero attached hydrogens (tertiary/aromatic N) is 2. The van der Waals surface area contributed by atoms with E-state index in [1.54, 1.807) is 7.11 Å². The summed E-state index contributed by atoms with van der Waals surface area (Å²) in [6.45, 7) is 3.07. The summed E-state index contributed by atoms with van der Waals surface area (Å²) in [4.78, 5) is 6.88. The van der Waals surface area contributed by atoms with Crippen molar-refractivity contribution in [3.8, 4) is 5.75 Å². The van der Waals surface area contributed by atoms with Crippen molar-refractivity contribution in [1.82, 2.24) is 9.88 Å². The van der Waals surface area contributed by atoms with Gasteiger partial charge in [0.1, 0.15) is 11.3 Å². The van der Waals surface area contributed by atoms with E-state index < -0.39 is 0 Å². The van der Waals surface area contributed by atoms with E-state index in [1.807, 2.05) is 18.3 Å². The number of methoxy groups -OCH3 is 1. The number of nitrogens with one attached hydrogen (secondary N) is 1. The molecule has 0 radical (unpaired) electrons. The van der Waals surface area contributed by atoms with Crippen molar-refractivity contribution in [3.05, 3.63) is 30.0 Å². The lowest BCUT2D eigenvalue weighted by Crippen LogP contribution is -2.36. The SMILES string of the molecule is COc1cccc2c(NCC(C3CC3)N(C)C)c(C)cnc12. The highest BCUT2D eigenvalue weighted by Crippen LogP contribution is 2.36. The van der Waals surface area contributed by atoms with E-state index in [1.165, 1.54) is 24.1 Å². The van der Waals surface area contributed by atoms with Gasteiger partial charge < -0.3 is 15.0 Å². The Labute approximate surface area is 132 Å². The standard InChI is InChI=1S/C18H25N3O/c1-12-10-19-18-14(6-5-7-16(18)22-4)17(12)20-11-15(21(2)3)13-8-9-13/h5-7,10,13,15H,8-9,11H2,1-4H3,(H,19,20). The number of aromatic nitrogens is 1. The molecule has 0 saturated heterocycles. The molecule has 3 rings (SSSR count). The minimum atomic E-state index is 0.591. The summed E-state index contributed by atoms with van der Waals surface area (Å²) in [6.07, 6.45) is 4.64. The third-order valence-corrected chi connectivity index (χ3v) is 4.59. The topological polar surface area (TPSA) is 37.4 Å². The highest BCUT2D eigenvalue weighted by atomic mass is 16.5. The lowest BCUT2D eigenvalue weighted by molar-refractivity contribution is 0.276. The van der Waals surface area contributed by atoms with Crippen LogP contribution < -0.4 is 10.1 Å². The average molecular weight is 299 g/mol. The quantitative estimate of drug-likeness (QED) is 0.888. The summed E-state index contributed by atoms with van der Waals surface area (Å²) in [5.41, 5.74) is 3.27. The maximum atomic E-state index is 5.44. The second-order valence-electron chi connectivity index (χ2n) is 6.42. The van der Waals surface area contributed by atoms with E-state index in [0.717, 1.165) is 29.1 Å². The van der Waals surface area contributed by atoms with E-state index in [0.29, 0.717) is 6.04 Å². The molecule has 1 aromatic heterocycles. The first-order chi connectivity index (χ1) is 10.6. The molecule has 1 unspecified atom stereocenters. The van der Waals surface area contributed by atoms with Crippen molar-refractivity contribution >= 4 is 16.6 Å². The Bertz CT molecular complexity index is 663. The fourth-order valence-electron chi connectivity index (χ4n) is 3.15. The van der Waals surface area contributed by atoms with Gasteiger partial charge in [-0.2, -0.15) is 0 Å². The first-order valence-corrected chi connectivity index (χ1v) is 7.94. The van der Waals surface area contributed by atoms with Gasteiger partial charge in [-0.25, -0.2) is 0 Å². The maximum Gasteiger partial charge on any atom is 0.145 e. The summed E-state index contributed by atoms with van der Waals surface area (Å²) in [5, 5.41) is 4.80. The van der Waals surface area contributed by atoms with Crippen molar-refractivity contribution in [1.29, 1.82) is 0 Å². The Morgan fingerprint density at radius 1 is 1.36 bits per heavy atom. The number of benzene rings is 1. The van der Waals surface area contributed by atoms with Gasteiger partial charge in [0.05, 0.1) is 7.11 Å². The Balaban J connectivity index is 1.90. The van der Waals surface area contributed by atoms with Crippen LogP contribution in [0.15, 0.2) is 24.4 Å². The third kappa shape index (κ3) is 2.88. The fraction of sp³-hybridized carbons (Fsp3) is 0.500. The minimum absolute atomic E-state index is 0.591. The molecular formula is C18H25N3O. The average Bonchev–Trinajstić information content (AvgIpc) is 3.33. The molecule has 4 nitrogen and oxygen atoms in total. The van der Waals surface area contributed by atoms with Gasteiger partial charge in [0.25, 0.3) is 0 Å². The van der Waals surface area contributed by atoms with Crippen molar-refractivity contribution in [2.45, 2.75) is 25.8 Å². The van der Waals surface area contributed by atoms with E-state index >= 15 is 0 Å². The Kier molecular flexibility index (Phi) is 4.21. The van der Waals surface area contributed by atoms with Crippen molar-refractivity contribution < 1.29 is 4.74 Å². The second kappa shape index (κ2) is 6.13. The van der Waals surface area contributed by atoms with Gasteiger partial charge in [0.15, 0.2) is 0 Å². The number of ether oxygens (including phenoxy) is 1. The summed E-state index contributed by atoms with van der Waals surface area (Å²) >= 11 is 0. The number of anilines is 1. The van der Waals surface area contributed by atoms with E-state index in [4.69, 9.17) is 4.74 Å². The van der Waals surface area contributed by atoms with E-state index in [2.05, 4.69) is 42.3 Å². The van der Waals surface area contributed by atoms with Gasteiger partial charge in [-0.1, -0.05) is 12.1 Å². The smallest absolute Gasteiger partial charge is 0.145 e. The van der Waals surface area contributed by atoms with Crippen LogP contribution in [0.2, 0.25) is 0 Å². The Morgan fingerprint density at radius 3 is 2.77 bits per heavy atom. The van der Waals surface area contributed by atoms with Gasteiger partial charge in [-0.05, 0) is 51.4 Å². The first kappa shape index (κ1) is 15.1. The second-order valence-corrected chi connectivity index (χ2v) is 6.42. The normalized spacial score (nSPS) is 16.0. The van der Waals surface area contributed by atoms with Crippen LogP contribution in [-0.4, -0.2) is 43.7 Å². The Morgan fingerprint density at radius 2 is 2.14 bits per heavy atom. The predicted octanol–water partition coefficient (Wildman–Crippen LogP) is 3.30. The molecule has 1 aromatic carbocycles. The molecule has 2 aromatic rings. The largest absolute Gasteiger partial charge is 0.494 e. The van der Waals surface area contributed by atoms with Crippen LogP contribution in [0.4, 0.5) is 5.69 Å². The molecule has 0 amide bonds. The first-order valence-electron chi connectivity index (χ1n) is 7.94.